The second-order valence-corrected chi connectivity index (χ2v) is 7.12. The Labute approximate surface area is 148 Å². The van der Waals surface area contributed by atoms with Crippen LogP contribution >= 0.6 is 23.6 Å². The molecule has 1 aromatic heterocycles. The Morgan fingerprint density at radius 1 is 1.46 bits per heavy atom. The Morgan fingerprint density at radius 3 is 2.92 bits per heavy atom. The van der Waals surface area contributed by atoms with Gasteiger partial charge < -0.3 is 10.2 Å². The normalized spacial score (nSPS) is 15.6. The summed E-state index contributed by atoms with van der Waals surface area (Å²) in [6.45, 7) is 1.90. The molecule has 124 valence electrons. The number of allylic oxidation sites excluding steroid dienone is 1. The minimum absolute atomic E-state index is 0.101. The van der Waals surface area contributed by atoms with Gasteiger partial charge in [0.2, 0.25) is 5.88 Å². The highest BCUT2D eigenvalue weighted by atomic mass is 32.1. The first-order chi connectivity index (χ1) is 11.5. The van der Waals surface area contributed by atoms with E-state index >= 15 is 0 Å². The molecule has 2 heterocycles. The first-order valence-corrected chi connectivity index (χ1v) is 8.77. The van der Waals surface area contributed by atoms with E-state index in [2.05, 4.69) is 4.99 Å². The van der Waals surface area contributed by atoms with Gasteiger partial charge in [0.25, 0.3) is 0 Å². The molecule has 0 radical (unpaired) electrons. The van der Waals surface area contributed by atoms with Crippen molar-refractivity contribution >= 4 is 53.1 Å². The monoisotopic (exact) mass is 360 g/mol. The Bertz CT molecular complexity index is 909. The molecule has 1 aliphatic heterocycles. The van der Waals surface area contributed by atoms with Crippen molar-refractivity contribution in [1.82, 2.24) is 4.57 Å². The lowest BCUT2D eigenvalue weighted by molar-refractivity contribution is -0.141. The molecule has 0 amide bonds. The van der Waals surface area contributed by atoms with Crippen molar-refractivity contribution in [3.05, 3.63) is 38.7 Å². The van der Waals surface area contributed by atoms with Crippen molar-refractivity contribution in [3.63, 3.8) is 0 Å². The summed E-state index contributed by atoms with van der Waals surface area (Å²) in [5.41, 5.74) is 2.72. The van der Waals surface area contributed by atoms with Crippen LogP contribution in [0.1, 0.15) is 36.2 Å². The highest BCUT2D eigenvalue weighted by Crippen LogP contribution is 2.37. The highest BCUT2D eigenvalue weighted by molar-refractivity contribution is 7.73. The SMILES string of the molecule is CCCC(C(=O)O)n1c(O)c(/C=C2/C=Nc3ccccc32)sc1=S. The summed E-state index contributed by atoms with van der Waals surface area (Å²) in [4.78, 5) is 16.4. The van der Waals surface area contributed by atoms with Crippen molar-refractivity contribution in [3.8, 4) is 5.88 Å². The van der Waals surface area contributed by atoms with Gasteiger partial charge in [0.1, 0.15) is 6.04 Å². The van der Waals surface area contributed by atoms with Crippen LogP contribution < -0.4 is 0 Å². The number of carboxylic acid groups (broad SMARTS) is 1. The molecular weight excluding hydrogens is 344 g/mol. The number of nitrogens with zero attached hydrogens (tertiary/aromatic N) is 2. The molecule has 24 heavy (non-hydrogen) atoms. The maximum Gasteiger partial charge on any atom is 0.326 e. The number of aromatic hydroxyl groups is 1. The van der Waals surface area contributed by atoms with Gasteiger partial charge in [-0.3, -0.25) is 9.56 Å². The van der Waals surface area contributed by atoms with Crippen molar-refractivity contribution in [2.75, 3.05) is 0 Å². The first kappa shape index (κ1) is 16.6. The molecule has 2 aromatic rings. The first-order valence-electron chi connectivity index (χ1n) is 7.55. The second-order valence-electron chi connectivity index (χ2n) is 5.44. The van der Waals surface area contributed by atoms with Crippen LogP contribution in [0.25, 0.3) is 11.6 Å². The number of benzene rings is 1. The van der Waals surface area contributed by atoms with E-state index in [-0.39, 0.29) is 5.88 Å². The predicted molar refractivity (Wildman–Crippen MR) is 98.9 cm³/mol. The quantitative estimate of drug-likeness (QED) is 0.760. The van der Waals surface area contributed by atoms with Crippen LogP contribution in [0.2, 0.25) is 0 Å². The topological polar surface area (TPSA) is 74.8 Å². The average molecular weight is 360 g/mol. The number of hydrogen-bond acceptors (Lipinski definition) is 5. The number of para-hydroxylation sites is 1. The summed E-state index contributed by atoms with van der Waals surface area (Å²) in [5.74, 6) is -1.09. The van der Waals surface area contributed by atoms with E-state index in [4.69, 9.17) is 12.2 Å². The van der Waals surface area contributed by atoms with E-state index in [9.17, 15) is 15.0 Å². The molecule has 3 rings (SSSR count). The minimum atomic E-state index is -0.993. The summed E-state index contributed by atoms with van der Waals surface area (Å²) in [6, 6.07) is 6.87. The van der Waals surface area contributed by atoms with Gasteiger partial charge >= 0.3 is 5.97 Å². The number of aliphatic imine (C=N–C) groups is 1. The van der Waals surface area contributed by atoms with Gasteiger partial charge in [-0.05, 0) is 30.8 Å². The largest absolute Gasteiger partial charge is 0.493 e. The number of hydrogen-bond donors (Lipinski definition) is 2. The molecule has 1 aromatic carbocycles. The Hall–Kier alpha value is -2.25. The Balaban J connectivity index is 2.05. The standard InChI is InChI=1S/C17H16N2O3S2/c1-2-5-13(16(21)22)19-15(20)14(24-17(19)23)8-10-9-18-12-7-4-3-6-11(10)12/h3-4,6-9,13,20H,2,5H2,1H3,(H,21,22)/b10-8-. The van der Waals surface area contributed by atoms with Gasteiger partial charge in [0, 0.05) is 17.4 Å². The summed E-state index contributed by atoms with van der Waals surface area (Å²) < 4.78 is 1.68. The van der Waals surface area contributed by atoms with Gasteiger partial charge in [0.15, 0.2) is 3.95 Å². The molecule has 7 heteroatoms. The predicted octanol–water partition coefficient (Wildman–Crippen LogP) is 4.67. The van der Waals surface area contributed by atoms with Gasteiger partial charge in [-0.1, -0.05) is 31.5 Å². The van der Waals surface area contributed by atoms with E-state index in [1.54, 1.807) is 12.3 Å². The minimum Gasteiger partial charge on any atom is -0.493 e. The van der Waals surface area contributed by atoms with Gasteiger partial charge in [-0.15, -0.1) is 11.3 Å². The zero-order valence-corrected chi connectivity index (χ0v) is 14.6. The molecule has 0 spiro atoms. The second kappa shape index (κ2) is 6.70. The number of carboxylic acids is 1. The molecule has 0 saturated carbocycles. The van der Waals surface area contributed by atoms with Crippen molar-refractivity contribution in [2.45, 2.75) is 25.8 Å². The van der Waals surface area contributed by atoms with E-state index in [1.807, 2.05) is 31.2 Å². The lowest BCUT2D eigenvalue weighted by Gasteiger charge is -2.14. The van der Waals surface area contributed by atoms with Crippen molar-refractivity contribution in [1.29, 1.82) is 0 Å². The molecule has 2 N–H and O–H groups in total. The fourth-order valence-corrected chi connectivity index (χ4v) is 4.05. The summed E-state index contributed by atoms with van der Waals surface area (Å²) in [7, 11) is 0. The molecule has 1 atom stereocenters. The van der Waals surface area contributed by atoms with Crippen LogP contribution in [-0.4, -0.2) is 27.0 Å². The van der Waals surface area contributed by atoms with Crippen LogP contribution in [-0.2, 0) is 4.79 Å². The van der Waals surface area contributed by atoms with E-state index in [1.165, 1.54) is 15.9 Å². The lowest BCUT2D eigenvalue weighted by Crippen LogP contribution is -2.18. The number of carbonyl (C=O) groups is 1. The number of rotatable bonds is 5. The van der Waals surface area contributed by atoms with Crippen LogP contribution in [0, 0.1) is 3.95 Å². The van der Waals surface area contributed by atoms with Crippen LogP contribution in [0.15, 0.2) is 29.3 Å². The molecule has 0 fully saturated rings. The van der Waals surface area contributed by atoms with Gasteiger partial charge in [-0.25, -0.2) is 4.79 Å². The van der Waals surface area contributed by atoms with Crippen molar-refractivity contribution in [2.24, 2.45) is 4.99 Å². The van der Waals surface area contributed by atoms with Crippen molar-refractivity contribution < 1.29 is 15.0 Å². The molecule has 0 bridgehead atoms. The number of aromatic nitrogens is 1. The average Bonchev–Trinajstić information content (AvgIpc) is 3.08. The van der Waals surface area contributed by atoms with Crippen LogP contribution in [0.3, 0.4) is 0 Å². The smallest absolute Gasteiger partial charge is 0.326 e. The van der Waals surface area contributed by atoms with E-state index in [0.717, 1.165) is 16.8 Å². The Morgan fingerprint density at radius 2 is 2.21 bits per heavy atom. The number of thiazole rings is 1. The summed E-state index contributed by atoms with van der Waals surface area (Å²) in [5, 5.41) is 19.9. The lowest BCUT2D eigenvalue weighted by atomic mass is 10.1. The molecule has 5 nitrogen and oxygen atoms in total. The summed E-state index contributed by atoms with van der Waals surface area (Å²) >= 11 is 6.48. The fourth-order valence-electron chi connectivity index (χ4n) is 2.69. The maximum absolute atomic E-state index is 11.5. The zero-order valence-electron chi connectivity index (χ0n) is 13.0. The third-order valence-electron chi connectivity index (χ3n) is 3.85. The molecule has 1 aliphatic rings. The van der Waals surface area contributed by atoms with E-state index in [0.29, 0.717) is 21.7 Å². The summed E-state index contributed by atoms with van der Waals surface area (Å²) in [6.07, 6.45) is 4.63. The molecule has 0 saturated heterocycles. The fraction of sp³-hybridized carbons (Fsp3) is 0.235. The van der Waals surface area contributed by atoms with Gasteiger partial charge in [0.05, 0.1) is 10.6 Å². The molecule has 0 aliphatic carbocycles. The Kier molecular flexibility index (Phi) is 4.64. The number of fused-ring (bicyclic) bond motifs is 1. The number of aliphatic carboxylic acids is 1. The third kappa shape index (κ3) is 2.92. The van der Waals surface area contributed by atoms with Crippen LogP contribution in [0.4, 0.5) is 5.69 Å². The zero-order chi connectivity index (χ0) is 17.3. The highest BCUT2D eigenvalue weighted by Gasteiger charge is 2.25. The van der Waals surface area contributed by atoms with Gasteiger partial charge in [-0.2, -0.15) is 0 Å². The van der Waals surface area contributed by atoms with Crippen LogP contribution in [0.5, 0.6) is 5.88 Å². The molecular formula is C17H16N2O3S2. The van der Waals surface area contributed by atoms with E-state index < -0.39 is 12.0 Å². The maximum atomic E-state index is 11.5. The third-order valence-corrected chi connectivity index (χ3v) is 5.18. The molecule has 1 unspecified atom stereocenters.